The third kappa shape index (κ3) is 3.08. The standard InChI is InChI=1S/C16H17N3O2/c20-16(21)12-6-8-17-13(9-12)10-19-14-5-1-3-11-4-2-7-18-15(11)14/h2,4,6-9,14,19H,1,3,5,10H2,(H,20,21). The minimum Gasteiger partial charge on any atom is -0.478 e. The van der Waals surface area contributed by atoms with Crippen molar-refractivity contribution < 1.29 is 9.90 Å². The van der Waals surface area contributed by atoms with Crippen LogP contribution in [-0.2, 0) is 13.0 Å². The third-order valence-electron chi connectivity index (χ3n) is 3.79. The minimum atomic E-state index is -0.927. The van der Waals surface area contributed by atoms with Crippen molar-refractivity contribution in [1.29, 1.82) is 0 Å². The fourth-order valence-corrected chi connectivity index (χ4v) is 2.74. The number of aromatic nitrogens is 2. The lowest BCUT2D eigenvalue weighted by Crippen LogP contribution is -2.26. The summed E-state index contributed by atoms with van der Waals surface area (Å²) in [5, 5.41) is 12.4. The summed E-state index contributed by atoms with van der Waals surface area (Å²) in [4.78, 5) is 19.7. The molecule has 0 aliphatic heterocycles. The molecule has 0 spiro atoms. The Morgan fingerprint density at radius 3 is 3.10 bits per heavy atom. The molecule has 0 fully saturated rings. The van der Waals surface area contributed by atoms with E-state index in [9.17, 15) is 4.79 Å². The van der Waals surface area contributed by atoms with Gasteiger partial charge in [0, 0.05) is 18.9 Å². The number of nitrogens with zero attached hydrogens (tertiary/aromatic N) is 2. The lowest BCUT2D eigenvalue weighted by atomic mass is 9.92. The highest BCUT2D eigenvalue weighted by Crippen LogP contribution is 2.27. The minimum absolute atomic E-state index is 0.213. The van der Waals surface area contributed by atoms with Gasteiger partial charge in [-0.2, -0.15) is 0 Å². The SMILES string of the molecule is O=C(O)c1ccnc(CNC2CCCc3cccnc32)c1. The zero-order valence-electron chi connectivity index (χ0n) is 11.6. The van der Waals surface area contributed by atoms with Crippen molar-refractivity contribution in [3.8, 4) is 0 Å². The predicted molar refractivity (Wildman–Crippen MR) is 78.0 cm³/mol. The number of carboxylic acids is 1. The molecule has 0 radical (unpaired) electrons. The van der Waals surface area contributed by atoms with Crippen molar-refractivity contribution >= 4 is 5.97 Å². The molecule has 1 aliphatic carbocycles. The van der Waals surface area contributed by atoms with Crippen LogP contribution < -0.4 is 5.32 Å². The highest BCUT2D eigenvalue weighted by molar-refractivity contribution is 5.87. The van der Waals surface area contributed by atoms with E-state index in [1.165, 1.54) is 17.8 Å². The lowest BCUT2D eigenvalue weighted by Gasteiger charge is -2.25. The van der Waals surface area contributed by atoms with E-state index >= 15 is 0 Å². The highest BCUT2D eigenvalue weighted by Gasteiger charge is 2.20. The van der Waals surface area contributed by atoms with E-state index in [4.69, 9.17) is 5.11 Å². The number of aryl methyl sites for hydroxylation is 1. The molecule has 5 nitrogen and oxygen atoms in total. The summed E-state index contributed by atoms with van der Waals surface area (Å²) in [6, 6.07) is 7.42. The number of fused-ring (bicyclic) bond motifs is 1. The van der Waals surface area contributed by atoms with Crippen LogP contribution in [0.4, 0.5) is 0 Å². The Hall–Kier alpha value is -2.27. The smallest absolute Gasteiger partial charge is 0.335 e. The Morgan fingerprint density at radius 1 is 1.33 bits per heavy atom. The molecule has 3 rings (SSSR count). The summed E-state index contributed by atoms with van der Waals surface area (Å²) in [6.45, 7) is 0.543. The molecule has 2 aromatic rings. The topological polar surface area (TPSA) is 75.1 Å². The second-order valence-corrected chi connectivity index (χ2v) is 5.21. The lowest BCUT2D eigenvalue weighted by molar-refractivity contribution is 0.0696. The van der Waals surface area contributed by atoms with Crippen LogP contribution in [-0.4, -0.2) is 21.0 Å². The molecule has 2 N–H and O–H groups in total. The molecule has 1 unspecified atom stereocenters. The molecular formula is C16H17N3O2. The van der Waals surface area contributed by atoms with Gasteiger partial charge in [0.05, 0.1) is 23.0 Å². The van der Waals surface area contributed by atoms with Gasteiger partial charge in [0.15, 0.2) is 0 Å². The maximum Gasteiger partial charge on any atom is 0.335 e. The Balaban J connectivity index is 1.71. The number of carboxylic acid groups (broad SMARTS) is 1. The third-order valence-corrected chi connectivity index (χ3v) is 3.79. The number of hydrogen-bond acceptors (Lipinski definition) is 4. The summed E-state index contributed by atoms with van der Waals surface area (Å²) in [7, 11) is 0. The molecule has 0 aromatic carbocycles. The summed E-state index contributed by atoms with van der Waals surface area (Å²) in [5.74, 6) is -0.927. The molecule has 5 heteroatoms. The number of pyridine rings is 2. The summed E-state index contributed by atoms with van der Waals surface area (Å²) in [5.41, 5.74) is 3.41. The average molecular weight is 283 g/mol. The van der Waals surface area contributed by atoms with E-state index in [1.807, 2.05) is 12.3 Å². The Bertz CT molecular complexity index is 657. The molecule has 2 aromatic heterocycles. The van der Waals surface area contributed by atoms with E-state index in [0.717, 1.165) is 30.7 Å². The van der Waals surface area contributed by atoms with Crippen molar-refractivity contribution in [2.24, 2.45) is 0 Å². The van der Waals surface area contributed by atoms with Crippen molar-refractivity contribution in [3.05, 3.63) is 59.2 Å². The van der Waals surface area contributed by atoms with Gasteiger partial charge in [0.2, 0.25) is 0 Å². The molecule has 21 heavy (non-hydrogen) atoms. The van der Waals surface area contributed by atoms with Gasteiger partial charge in [-0.1, -0.05) is 6.07 Å². The number of aromatic carboxylic acids is 1. The van der Waals surface area contributed by atoms with Gasteiger partial charge in [-0.05, 0) is 43.0 Å². The van der Waals surface area contributed by atoms with Crippen LogP contribution >= 0.6 is 0 Å². The van der Waals surface area contributed by atoms with Crippen molar-refractivity contribution in [2.45, 2.75) is 31.8 Å². The van der Waals surface area contributed by atoms with E-state index in [-0.39, 0.29) is 11.6 Å². The van der Waals surface area contributed by atoms with Crippen LogP contribution in [0.25, 0.3) is 0 Å². The molecule has 108 valence electrons. The highest BCUT2D eigenvalue weighted by atomic mass is 16.4. The van der Waals surface area contributed by atoms with Gasteiger partial charge in [0.1, 0.15) is 0 Å². The molecule has 0 saturated carbocycles. The van der Waals surface area contributed by atoms with Crippen LogP contribution in [0.3, 0.4) is 0 Å². The first-order valence-corrected chi connectivity index (χ1v) is 7.09. The number of hydrogen-bond donors (Lipinski definition) is 2. The van der Waals surface area contributed by atoms with Gasteiger partial charge in [-0.3, -0.25) is 9.97 Å². The number of rotatable bonds is 4. The first-order chi connectivity index (χ1) is 10.2. The summed E-state index contributed by atoms with van der Waals surface area (Å²) >= 11 is 0. The Labute approximate surface area is 123 Å². The summed E-state index contributed by atoms with van der Waals surface area (Å²) < 4.78 is 0. The molecular weight excluding hydrogens is 266 g/mol. The van der Waals surface area contributed by atoms with E-state index < -0.39 is 5.97 Å². The maximum absolute atomic E-state index is 11.0. The van der Waals surface area contributed by atoms with Crippen LogP contribution in [0.1, 0.15) is 46.2 Å². The van der Waals surface area contributed by atoms with Crippen molar-refractivity contribution in [2.75, 3.05) is 0 Å². The van der Waals surface area contributed by atoms with Crippen molar-refractivity contribution in [1.82, 2.24) is 15.3 Å². The quantitative estimate of drug-likeness (QED) is 0.900. The fraction of sp³-hybridized carbons (Fsp3) is 0.312. The van der Waals surface area contributed by atoms with Crippen LogP contribution in [0.15, 0.2) is 36.7 Å². The van der Waals surface area contributed by atoms with Gasteiger partial charge < -0.3 is 10.4 Å². The summed E-state index contributed by atoms with van der Waals surface area (Å²) in [6.07, 6.45) is 6.62. The van der Waals surface area contributed by atoms with Crippen molar-refractivity contribution in [3.63, 3.8) is 0 Å². The average Bonchev–Trinajstić information content (AvgIpc) is 2.53. The number of carbonyl (C=O) groups is 1. The van der Waals surface area contributed by atoms with Gasteiger partial charge in [0.25, 0.3) is 0 Å². The largest absolute Gasteiger partial charge is 0.478 e. The van der Waals surface area contributed by atoms with Gasteiger partial charge in [-0.15, -0.1) is 0 Å². The van der Waals surface area contributed by atoms with E-state index in [0.29, 0.717) is 6.54 Å². The first kappa shape index (κ1) is 13.7. The fourth-order valence-electron chi connectivity index (χ4n) is 2.74. The predicted octanol–water partition coefficient (Wildman–Crippen LogP) is 2.34. The molecule has 0 bridgehead atoms. The zero-order valence-corrected chi connectivity index (χ0v) is 11.6. The van der Waals surface area contributed by atoms with E-state index in [2.05, 4.69) is 21.4 Å². The maximum atomic E-state index is 11.0. The Morgan fingerprint density at radius 2 is 2.24 bits per heavy atom. The van der Waals surface area contributed by atoms with Gasteiger partial charge >= 0.3 is 5.97 Å². The van der Waals surface area contributed by atoms with Crippen LogP contribution in [0, 0.1) is 0 Å². The second-order valence-electron chi connectivity index (χ2n) is 5.21. The van der Waals surface area contributed by atoms with Crippen LogP contribution in [0.5, 0.6) is 0 Å². The second kappa shape index (κ2) is 6.01. The Kier molecular flexibility index (Phi) is 3.92. The number of nitrogens with one attached hydrogen (secondary N) is 1. The van der Waals surface area contributed by atoms with Gasteiger partial charge in [-0.25, -0.2) is 4.79 Å². The zero-order chi connectivity index (χ0) is 14.7. The first-order valence-electron chi connectivity index (χ1n) is 7.09. The molecule has 1 atom stereocenters. The monoisotopic (exact) mass is 283 g/mol. The van der Waals surface area contributed by atoms with E-state index in [1.54, 1.807) is 6.07 Å². The molecule has 0 saturated heterocycles. The molecule has 2 heterocycles. The molecule has 0 amide bonds. The molecule has 1 aliphatic rings. The normalized spacial score (nSPS) is 17.2. The van der Waals surface area contributed by atoms with Crippen LogP contribution in [0.2, 0.25) is 0 Å².